The molecule has 1 N–H and O–H groups in total. The standard InChI is InChI=1S/C34H45N5O3/c1-24-11-12-29(21-25(24)2)39-31(27-13-19-38(20-14-27)33(41)42-34(3,4)5)30(22-35-39)32(40)36-28-15-17-37(18-16-28)23-26-9-7-6-8-10-26/h6-12,21-22,27-28H,13-20,23H2,1-5H3,(H,36,40). The monoisotopic (exact) mass is 571 g/mol. The fourth-order valence-electron chi connectivity index (χ4n) is 5.99. The smallest absolute Gasteiger partial charge is 0.410 e. The van der Waals surface area contributed by atoms with E-state index in [1.54, 1.807) is 11.1 Å². The van der Waals surface area contributed by atoms with Crippen molar-refractivity contribution in [1.82, 2.24) is 24.9 Å². The summed E-state index contributed by atoms with van der Waals surface area (Å²) in [6.07, 6.45) is 4.79. The number of aryl methyl sites for hydroxylation is 2. The normalized spacial score (nSPS) is 17.3. The van der Waals surface area contributed by atoms with Crippen LogP contribution in [-0.4, -0.2) is 69.4 Å². The van der Waals surface area contributed by atoms with Crippen LogP contribution in [-0.2, 0) is 11.3 Å². The van der Waals surface area contributed by atoms with Crippen molar-refractivity contribution in [3.63, 3.8) is 0 Å². The molecule has 0 radical (unpaired) electrons. The SMILES string of the molecule is Cc1ccc(-n2ncc(C(=O)NC3CCN(Cc4ccccc4)CC3)c2C2CCN(C(=O)OC(C)(C)C)CC2)cc1C. The minimum absolute atomic E-state index is 0.0591. The molecule has 0 unspecified atom stereocenters. The molecular weight excluding hydrogens is 526 g/mol. The zero-order valence-electron chi connectivity index (χ0n) is 25.7. The Morgan fingerprint density at radius 2 is 1.62 bits per heavy atom. The van der Waals surface area contributed by atoms with Crippen LogP contribution in [0.4, 0.5) is 4.79 Å². The summed E-state index contributed by atoms with van der Waals surface area (Å²) in [6.45, 7) is 13.9. The van der Waals surface area contributed by atoms with E-state index in [4.69, 9.17) is 9.84 Å². The maximum Gasteiger partial charge on any atom is 0.410 e. The van der Waals surface area contributed by atoms with Gasteiger partial charge in [0.25, 0.3) is 5.91 Å². The van der Waals surface area contributed by atoms with Gasteiger partial charge in [0.15, 0.2) is 0 Å². The molecule has 0 saturated carbocycles. The van der Waals surface area contributed by atoms with Crippen LogP contribution in [0.3, 0.4) is 0 Å². The van der Waals surface area contributed by atoms with E-state index in [0.717, 1.165) is 56.7 Å². The predicted octanol–water partition coefficient (Wildman–Crippen LogP) is 6.00. The van der Waals surface area contributed by atoms with Gasteiger partial charge in [-0.2, -0.15) is 5.10 Å². The second-order valence-corrected chi connectivity index (χ2v) is 12.9. The third-order valence-electron chi connectivity index (χ3n) is 8.49. The van der Waals surface area contributed by atoms with Crippen LogP contribution in [0.5, 0.6) is 0 Å². The highest BCUT2D eigenvalue weighted by Crippen LogP contribution is 2.33. The van der Waals surface area contributed by atoms with Gasteiger partial charge in [0.2, 0.25) is 0 Å². The Morgan fingerprint density at radius 3 is 2.26 bits per heavy atom. The number of benzene rings is 2. The third-order valence-corrected chi connectivity index (χ3v) is 8.49. The van der Waals surface area contributed by atoms with Crippen molar-refractivity contribution in [2.45, 2.75) is 84.4 Å². The van der Waals surface area contributed by atoms with Gasteiger partial charge in [-0.25, -0.2) is 9.48 Å². The van der Waals surface area contributed by atoms with Crippen molar-refractivity contribution in [3.8, 4) is 5.69 Å². The molecule has 2 aromatic carbocycles. The number of nitrogens with zero attached hydrogens (tertiary/aromatic N) is 4. The van der Waals surface area contributed by atoms with E-state index in [1.807, 2.05) is 31.5 Å². The lowest BCUT2D eigenvalue weighted by Gasteiger charge is -2.34. The van der Waals surface area contributed by atoms with Crippen molar-refractivity contribution < 1.29 is 14.3 Å². The number of carbonyl (C=O) groups excluding carboxylic acids is 2. The molecule has 2 amide bonds. The summed E-state index contributed by atoms with van der Waals surface area (Å²) in [5.74, 6) is 0.0393. The average Bonchev–Trinajstić information content (AvgIpc) is 3.41. The highest BCUT2D eigenvalue weighted by Gasteiger charge is 2.33. The van der Waals surface area contributed by atoms with Crippen LogP contribution in [0.15, 0.2) is 54.7 Å². The van der Waals surface area contributed by atoms with Crippen LogP contribution in [0.25, 0.3) is 5.69 Å². The van der Waals surface area contributed by atoms with Gasteiger partial charge in [0.05, 0.1) is 23.1 Å². The van der Waals surface area contributed by atoms with Crippen LogP contribution in [0.1, 0.15) is 85.1 Å². The van der Waals surface area contributed by atoms with Gasteiger partial charge in [0.1, 0.15) is 5.60 Å². The molecule has 2 aliphatic heterocycles. The molecule has 3 heterocycles. The summed E-state index contributed by atoms with van der Waals surface area (Å²) in [5.41, 5.74) is 5.71. The summed E-state index contributed by atoms with van der Waals surface area (Å²) in [7, 11) is 0. The van der Waals surface area contributed by atoms with Gasteiger partial charge < -0.3 is 15.0 Å². The lowest BCUT2D eigenvalue weighted by Crippen LogP contribution is -2.44. The molecular formula is C34H45N5O3. The van der Waals surface area contributed by atoms with E-state index in [1.165, 1.54) is 16.7 Å². The highest BCUT2D eigenvalue weighted by molar-refractivity contribution is 5.95. The van der Waals surface area contributed by atoms with E-state index >= 15 is 0 Å². The molecule has 2 saturated heterocycles. The molecule has 2 fully saturated rings. The molecule has 3 aromatic rings. The van der Waals surface area contributed by atoms with Gasteiger partial charge in [-0.3, -0.25) is 9.69 Å². The minimum atomic E-state index is -0.529. The predicted molar refractivity (Wildman–Crippen MR) is 165 cm³/mol. The first-order chi connectivity index (χ1) is 20.1. The van der Waals surface area contributed by atoms with Crippen molar-refractivity contribution in [2.24, 2.45) is 0 Å². The van der Waals surface area contributed by atoms with E-state index < -0.39 is 5.60 Å². The number of ether oxygens (including phenoxy) is 1. The second-order valence-electron chi connectivity index (χ2n) is 12.9. The zero-order chi connectivity index (χ0) is 29.9. The van der Waals surface area contributed by atoms with Gasteiger partial charge in [0, 0.05) is 44.7 Å². The number of rotatable bonds is 6. The Morgan fingerprint density at radius 1 is 0.929 bits per heavy atom. The van der Waals surface area contributed by atoms with E-state index in [2.05, 4.69) is 66.5 Å². The van der Waals surface area contributed by atoms with Crippen LogP contribution in [0.2, 0.25) is 0 Å². The van der Waals surface area contributed by atoms with E-state index in [9.17, 15) is 9.59 Å². The Bertz CT molecular complexity index is 1380. The van der Waals surface area contributed by atoms with Crippen molar-refractivity contribution >= 4 is 12.0 Å². The molecule has 224 valence electrons. The van der Waals surface area contributed by atoms with Crippen LogP contribution in [0, 0.1) is 13.8 Å². The molecule has 0 atom stereocenters. The fraction of sp³-hybridized carbons (Fsp3) is 0.500. The lowest BCUT2D eigenvalue weighted by molar-refractivity contribution is 0.0203. The topological polar surface area (TPSA) is 79.7 Å². The first kappa shape index (κ1) is 29.8. The Balaban J connectivity index is 1.30. The molecule has 8 nitrogen and oxygen atoms in total. The lowest BCUT2D eigenvalue weighted by atomic mass is 9.90. The summed E-state index contributed by atoms with van der Waals surface area (Å²) < 4.78 is 7.55. The number of hydrogen-bond donors (Lipinski definition) is 1. The third kappa shape index (κ3) is 7.21. The van der Waals surface area contributed by atoms with Crippen molar-refractivity contribution in [2.75, 3.05) is 26.2 Å². The number of amides is 2. The molecule has 0 spiro atoms. The van der Waals surface area contributed by atoms with Gasteiger partial charge in [-0.05, 0) is 89.1 Å². The van der Waals surface area contributed by atoms with E-state index in [-0.39, 0.29) is 24.0 Å². The van der Waals surface area contributed by atoms with Gasteiger partial charge >= 0.3 is 6.09 Å². The maximum atomic E-state index is 13.8. The maximum absolute atomic E-state index is 13.8. The minimum Gasteiger partial charge on any atom is -0.444 e. The quantitative estimate of drug-likeness (QED) is 0.393. The number of hydrogen-bond acceptors (Lipinski definition) is 5. The zero-order valence-corrected chi connectivity index (χ0v) is 25.7. The average molecular weight is 572 g/mol. The highest BCUT2D eigenvalue weighted by atomic mass is 16.6. The molecule has 8 heteroatoms. The van der Waals surface area contributed by atoms with Crippen LogP contribution >= 0.6 is 0 Å². The Hall–Kier alpha value is -3.65. The summed E-state index contributed by atoms with van der Waals surface area (Å²) in [5, 5.41) is 8.08. The number of likely N-dealkylation sites (tertiary alicyclic amines) is 2. The van der Waals surface area contributed by atoms with E-state index in [0.29, 0.717) is 18.7 Å². The molecule has 0 aliphatic carbocycles. The molecule has 42 heavy (non-hydrogen) atoms. The fourth-order valence-corrected chi connectivity index (χ4v) is 5.99. The number of nitrogens with one attached hydrogen (secondary N) is 1. The summed E-state index contributed by atoms with van der Waals surface area (Å²) >= 11 is 0. The first-order valence-electron chi connectivity index (χ1n) is 15.3. The number of aromatic nitrogens is 2. The number of carbonyl (C=O) groups is 2. The number of piperidine rings is 2. The van der Waals surface area contributed by atoms with Gasteiger partial charge in [-0.1, -0.05) is 36.4 Å². The Kier molecular flexibility index (Phi) is 9.02. The molecule has 5 rings (SSSR count). The van der Waals surface area contributed by atoms with Gasteiger partial charge in [-0.15, -0.1) is 0 Å². The van der Waals surface area contributed by atoms with Crippen LogP contribution < -0.4 is 5.32 Å². The van der Waals surface area contributed by atoms with Crippen molar-refractivity contribution in [3.05, 3.63) is 82.7 Å². The molecule has 0 bridgehead atoms. The Labute approximate surface area is 250 Å². The van der Waals surface area contributed by atoms with Crippen molar-refractivity contribution in [1.29, 1.82) is 0 Å². The summed E-state index contributed by atoms with van der Waals surface area (Å²) in [6, 6.07) is 17.0. The molecule has 2 aliphatic rings. The second kappa shape index (κ2) is 12.7. The summed E-state index contributed by atoms with van der Waals surface area (Å²) in [4.78, 5) is 30.7. The largest absolute Gasteiger partial charge is 0.444 e. The first-order valence-corrected chi connectivity index (χ1v) is 15.3. The molecule has 1 aromatic heterocycles.